The van der Waals surface area contributed by atoms with Crippen molar-refractivity contribution >= 4 is 23.0 Å². The summed E-state index contributed by atoms with van der Waals surface area (Å²) in [5.74, 6) is 3.40. The Morgan fingerprint density at radius 3 is 2.44 bits per heavy atom. The van der Waals surface area contributed by atoms with Crippen LogP contribution in [-0.4, -0.2) is 31.3 Å². The van der Waals surface area contributed by atoms with Crippen LogP contribution in [0.3, 0.4) is 0 Å². The van der Waals surface area contributed by atoms with Crippen molar-refractivity contribution < 1.29 is 9.47 Å². The van der Waals surface area contributed by atoms with E-state index < -0.39 is 0 Å². The monoisotopic (exact) mass is 381 g/mol. The highest BCUT2D eigenvalue weighted by atomic mass is 32.2. The van der Waals surface area contributed by atoms with E-state index in [1.165, 1.54) is 11.1 Å². The molecule has 0 unspecified atom stereocenters. The van der Waals surface area contributed by atoms with E-state index in [1.807, 2.05) is 30.0 Å². The Morgan fingerprint density at radius 2 is 1.74 bits per heavy atom. The fourth-order valence-electron chi connectivity index (χ4n) is 3.52. The van der Waals surface area contributed by atoms with Gasteiger partial charge >= 0.3 is 0 Å². The highest BCUT2D eigenvalue weighted by molar-refractivity contribution is 7.99. The lowest BCUT2D eigenvalue weighted by Crippen LogP contribution is -2.32. The fourth-order valence-corrected chi connectivity index (χ4v) is 4.26. The molecule has 0 spiro atoms. The molecule has 3 rings (SSSR count). The number of methoxy groups -OCH3 is 2. The van der Waals surface area contributed by atoms with E-state index in [2.05, 4.69) is 56.1 Å². The van der Waals surface area contributed by atoms with Crippen molar-refractivity contribution in [1.29, 1.82) is 0 Å². The normalized spacial score (nSPS) is 14.6. The molecule has 4 heteroatoms. The second-order valence-electron chi connectivity index (χ2n) is 7.09. The van der Waals surface area contributed by atoms with Gasteiger partial charge in [0.1, 0.15) is 0 Å². The molecular weight excluding hydrogens is 354 g/mol. The van der Waals surface area contributed by atoms with Gasteiger partial charge in [-0.3, -0.25) is 0 Å². The van der Waals surface area contributed by atoms with Crippen LogP contribution in [-0.2, 0) is 0 Å². The van der Waals surface area contributed by atoms with Gasteiger partial charge in [-0.1, -0.05) is 42.5 Å². The number of ether oxygens (including phenoxy) is 2. The number of hydrogen-bond acceptors (Lipinski definition) is 4. The van der Waals surface area contributed by atoms with E-state index in [4.69, 9.17) is 9.47 Å². The molecule has 1 N–H and O–H groups in total. The molecule has 0 radical (unpaired) electrons. The van der Waals surface area contributed by atoms with Gasteiger partial charge in [0, 0.05) is 28.2 Å². The summed E-state index contributed by atoms with van der Waals surface area (Å²) in [7, 11) is 3.35. The third-order valence-electron chi connectivity index (χ3n) is 4.58. The standard InChI is InChI=1S/C23H27NO2S/c1-6-13-27-15-16-14-23(2,3)24-21-17(16)9-7-10-18(21)19-11-8-12-20(25-4)22(19)26-5/h6-12,14,24H,1,13,15H2,2-5H3. The summed E-state index contributed by atoms with van der Waals surface area (Å²) < 4.78 is 11.2. The van der Waals surface area contributed by atoms with Crippen molar-refractivity contribution in [3.63, 3.8) is 0 Å². The average molecular weight is 382 g/mol. The maximum atomic E-state index is 5.69. The smallest absolute Gasteiger partial charge is 0.168 e. The van der Waals surface area contributed by atoms with Gasteiger partial charge in [0.2, 0.25) is 0 Å². The molecule has 0 aliphatic carbocycles. The number of fused-ring (bicyclic) bond motifs is 1. The number of nitrogens with one attached hydrogen (secondary N) is 1. The zero-order chi connectivity index (χ0) is 19.4. The Morgan fingerprint density at radius 1 is 1.04 bits per heavy atom. The minimum Gasteiger partial charge on any atom is -0.493 e. The summed E-state index contributed by atoms with van der Waals surface area (Å²) in [5, 5.41) is 3.71. The van der Waals surface area contributed by atoms with Crippen LogP contribution in [0, 0.1) is 0 Å². The molecule has 0 aromatic heterocycles. The maximum absolute atomic E-state index is 5.69. The van der Waals surface area contributed by atoms with Gasteiger partial charge in [0.15, 0.2) is 11.5 Å². The molecule has 2 aromatic carbocycles. The molecule has 0 bridgehead atoms. The molecule has 1 aliphatic rings. The van der Waals surface area contributed by atoms with Gasteiger partial charge in [0.25, 0.3) is 0 Å². The van der Waals surface area contributed by atoms with Crippen molar-refractivity contribution in [2.24, 2.45) is 0 Å². The SMILES string of the molecule is C=CCSCC1=CC(C)(C)Nc2c1cccc2-c1cccc(OC)c1OC. The Labute approximate surface area is 166 Å². The molecule has 0 amide bonds. The Bertz CT molecular complexity index is 871. The lowest BCUT2D eigenvalue weighted by Gasteiger charge is -2.34. The number of para-hydroxylation sites is 2. The Hall–Kier alpha value is -2.33. The number of rotatable bonds is 7. The zero-order valence-electron chi connectivity index (χ0n) is 16.5. The van der Waals surface area contributed by atoms with E-state index in [-0.39, 0.29) is 5.54 Å². The highest BCUT2D eigenvalue weighted by Crippen LogP contribution is 2.46. The van der Waals surface area contributed by atoms with Gasteiger partial charge in [-0.2, -0.15) is 11.8 Å². The number of benzene rings is 2. The summed E-state index contributed by atoms with van der Waals surface area (Å²) in [5.41, 5.74) is 5.76. The first-order valence-corrected chi connectivity index (χ1v) is 10.2. The van der Waals surface area contributed by atoms with Crippen LogP contribution < -0.4 is 14.8 Å². The molecule has 0 saturated carbocycles. The first kappa shape index (κ1) is 19.4. The lowest BCUT2D eigenvalue weighted by atomic mass is 9.87. The Kier molecular flexibility index (Phi) is 5.85. The van der Waals surface area contributed by atoms with E-state index in [1.54, 1.807) is 14.2 Å². The number of thioether (sulfide) groups is 1. The number of anilines is 1. The quantitative estimate of drug-likeness (QED) is 0.479. The predicted octanol–water partition coefficient (Wildman–Crippen LogP) is 5.88. The van der Waals surface area contributed by atoms with Crippen molar-refractivity contribution in [2.75, 3.05) is 31.0 Å². The van der Waals surface area contributed by atoms with Crippen molar-refractivity contribution in [3.8, 4) is 22.6 Å². The summed E-state index contributed by atoms with van der Waals surface area (Å²) in [4.78, 5) is 0. The maximum Gasteiger partial charge on any atom is 0.168 e. The van der Waals surface area contributed by atoms with Crippen molar-refractivity contribution in [3.05, 3.63) is 60.7 Å². The van der Waals surface area contributed by atoms with Gasteiger partial charge in [0.05, 0.1) is 25.4 Å². The largest absolute Gasteiger partial charge is 0.493 e. The first-order valence-electron chi connectivity index (χ1n) is 9.04. The molecule has 1 aliphatic heterocycles. The molecule has 1 heterocycles. The van der Waals surface area contributed by atoms with E-state index in [9.17, 15) is 0 Å². The minimum atomic E-state index is -0.126. The molecule has 3 nitrogen and oxygen atoms in total. The van der Waals surface area contributed by atoms with E-state index in [0.717, 1.165) is 39.8 Å². The van der Waals surface area contributed by atoms with Gasteiger partial charge in [-0.25, -0.2) is 0 Å². The van der Waals surface area contributed by atoms with Crippen LogP contribution >= 0.6 is 11.8 Å². The summed E-state index contributed by atoms with van der Waals surface area (Å²) >= 11 is 1.88. The summed E-state index contributed by atoms with van der Waals surface area (Å²) in [6, 6.07) is 12.4. The van der Waals surface area contributed by atoms with Crippen LogP contribution in [0.5, 0.6) is 11.5 Å². The van der Waals surface area contributed by atoms with E-state index in [0.29, 0.717) is 0 Å². The van der Waals surface area contributed by atoms with Crippen LogP contribution in [0.1, 0.15) is 19.4 Å². The summed E-state index contributed by atoms with van der Waals surface area (Å²) in [6.07, 6.45) is 4.29. The van der Waals surface area contributed by atoms with Gasteiger partial charge in [-0.15, -0.1) is 6.58 Å². The molecule has 27 heavy (non-hydrogen) atoms. The van der Waals surface area contributed by atoms with Crippen molar-refractivity contribution in [2.45, 2.75) is 19.4 Å². The van der Waals surface area contributed by atoms with Crippen LogP contribution in [0.4, 0.5) is 5.69 Å². The third-order valence-corrected chi connectivity index (χ3v) is 5.57. The molecule has 2 aromatic rings. The van der Waals surface area contributed by atoms with Gasteiger partial charge < -0.3 is 14.8 Å². The number of hydrogen-bond donors (Lipinski definition) is 1. The predicted molar refractivity (Wildman–Crippen MR) is 118 cm³/mol. The molecule has 0 saturated heterocycles. The van der Waals surface area contributed by atoms with Crippen LogP contribution in [0.25, 0.3) is 16.7 Å². The molecule has 142 valence electrons. The fraction of sp³-hybridized carbons (Fsp3) is 0.304. The Balaban J connectivity index is 2.14. The topological polar surface area (TPSA) is 30.5 Å². The average Bonchev–Trinajstić information content (AvgIpc) is 2.66. The van der Waals surface area contributed by atoms with Crippen LogP contribution in [0.2, 0.25) is 0 Å². The second kappa shape index (κ2) is 8.13. The minimum absolute atomic E-state index is 0.126. The third kappa shape index (κ3) is 4.01. The molecular formula is C23H27NO2S. The molecule has 0 fully saturated rings. The lowest BCUT2D eigenvalue weighted by molar-refractivity contribution is 0.356. The van der Waals surface area contributed by atoms with Gasteiger partial charge in [-0.05, 0) is 25.5 Å². The highest BCUT2D eigenvalue weighted by Gasteiger charge is 2.27. The van der Waals surface area contributed by atoms with Crippen molar-refractivity contribution in [1.82, 2.24) is 0 Å². The summed E-state index contributed by atoms with van der Waals surface area (Å²) in [6.45, 7) is 8.23. The van der Waals surface area contributed by atoms with Crippen LogP contribution in [0.15, 0.2) is 55.1 Å². The zero-order valence-corrected chi connectivity index (χ0v) is 17.3. The van der Waals surface area contributed by atoms with E-state index >= 15 is 0 Å². The first-order chi connectivity index (χ1) is 13.0. The second-order valence-corrected chi connectivity index (χ2v) is 8.12. The molecule has 0 atom stereocenters.